The predicted octanol–water partition coefficient (Wildman–Crippen LogP) is 3.49. The number of anilines is 1. The number of halogens is 1. The minimum Gasteiger partial charge on any atom is -0.353 e. The lowest BCUT2D eigenvalue weighted by Gasteiger charge is -2.41. The molecular formula is C19H28ClN3O2S. The molecule has 3 heterocycles. The van der Waals surface area contributed by atoms with E-state index in [2.05, 4.69) is 23.7 Å². The Bertz CT molecular complexity index is 687. The average molecular weight is 398 g/mol. The Hall–Kier alpha value is -1.14. The number of pyridine rings is 1. The molecule has 2 aliphatic heterocycles. The minimum atomic E-state index is -0.826. The monoisotopic (exact) mass is 397 g/mol. The molecule has 26 heavy (non-hydrogen) atoms. The van der Waals surface area contributed by atoms with Gasteiger partial charge in [0.05, 0.1) is 15.3 Å². The van der Waals surface area contributed by atoms with Crippen molar-refractivity contribution in [2.45, 2.75) is 50.7 Å². The second-order valence-corrected chi connectivity index (χ2v) is 9.62. The lowest BCUT2D eigenvalue weighted by molar-refractivity contribution is 0.0724. The fraction of sp³-hybridized carbons (Fsp3) is 0.684. The summed E-state index contributed by atoms with van der Waals surface area (Å²) < 4.78 is 12.3. The number of hydrogen-bond acceptors (Lipinski definition) is 4. The van der Waals surface area contributed by atoms with Gasteiger partial charge < -0.3 is 9.80 Å². The molecule has 5 nitrogen and oxygen atoms in total. The number of nitrogens with zero attached hydrogens (tertiary/aromatic N) is 3. The van der Waals surface area contributed by atoms with Crippen LogP contribution in [0.2, 0.25) is 5.02 Å². The standard InChI is InChI=1S/C19H28ClN3O2S/c1-3-19(4-2)14-23(10-11-26(19)25)17-16(20)12-15(13-21-17)18(24)22-8-6-5-7-9-22/h12-13H,3-11,14H2,1-2H3. The van der Waals surface area contributed by atoms with Crippen molar-refractivity contribution in [3.05, 3.63) is 22.8 Å². The molecule has 0 aromatic carbocycles. The number of piperidine rings is 1. The highest BCUT2D eigenvalue weighted by atomic mass is 35.5. The fourth-order valence-electron chi connectivity index (χ4n) is 3.94. The van der Waals surface area contributed by atoms with E-state index in [1.807, 2.05) is 4.90 Å². The van der Waals surface area contributed by atoms with Gasteiger partial charge in [-0.05, 0) is 38.2 Å². The summed E-state index contributed by atoms with van der Waals surface area (Å²) in [6.07, 6.45) is 6.70. The predicted molar refractivity (Wildman–Crippen MR) is 108 cm³/mol. The highest BCUT2D eigenvalue weighted by Gasteiger charge is 2.39. The molecule has 2 fully saturated rings. The van der Waals surface area contributed by atoms with Crippen LogP contribution in [-0.2, 0) is 10.8 Å². The second kappa shape index (κ2) is 8.26. The van der Waals surface area contributed by atoms with Crippen LogP contribution in [0.5, 0.6) is 0 Å². The minimum absolute atomic E-state index is 0.0156. The molecule has 144 valence electrons. The summed E-state index contributed by atoms with van der Waals surface area (Å²) in [7, 11) is -0.826. The molecule has 1 amide bonds. The molecule has 1 aromatic heterocycles. The number of amides is 1. The molecule has 1 aromatic rings. The van der Waals surface area contributed by atoms with Crippen LogP contribution in [0, 0.1) is 0 Å². The van der Waals surface area contributed by atoms with E-state index in [-0.39, 0.29) is 10.7 Å². The smallest absolute Gasteiger partial charge is 0.255 e. The third-order valence-corrected chi connectivity index (χ3v) is 8.31. The number of rotatable bonds is 4. The van der Waals surface area contributed by atoms with Crippen molar-refractivity contribution in [1.29, 1.82) is 0 Å². The molecule has 0 saturated carbocycles. The molecule has 0 aliphatic carbocycles. The Kier molecular flexibility index (Phi) is 6.23. The van der Waals surface area contributed by atoms with Crippen LogP contribution in [0.3, 0.4) is 0 Å². The summed E-state index contributed by atoms with van der Waals surface area (Å²) in [5.74, 6) is 1.35. The van der Waals surface area contributed by atoms with Crippen LogP contribution >= 0.6 is 11.6 Å². The lowest BCUT2D eigenvalue weighted by atomic mass is 10.0. The van der Waals surface area contributed by atoms with E-state index in [4.69, 9.17) is 11.6 Å². The quantitative estimate of drug-likeness (QED) is 0.780. The molecule has 7 heteroatoms. The first-order valence-corrected chi connectivity index (χ1v) is 11.3. The van der Waals surface area contributed by atoms with E-state index >= 15 is 0 Å². The first-order chi connectivity index (χ1) is 12.5. The summed E-state index contributed by atoms with van der Waals surface area (Å²) in [4.78, 5) is 21.2. The van der Waals surface area contributed by atoms with E-state index < -0.39 is 10.8 Å². The summed E-state index contributed by atoms with van der Waals surface area (Å²) in [5.41, 5.74) is 0.554. The van der Waals surface area contributed by atoms with Gasteiger partial charge in [-0.1, -0.05) is 25.4 Å². The van der Waals surface area contributed by atoms with E-state index in [1.54, 1.807) is 12.3 Å². The van der Waals surface area contributed by atoms with Gasteiger partial charge >= 0.3 is 0 Å². The zero-order valence-electron chi connectivity index (χ0n) is 15.7. The van der Waals surface area contributed by atoms with Gasteiger partial charge in [0.25, 0.3) is 5.91 Å². The zero-order chi connectivity index (χ0) is 18.7. The third kappa shape index (κ3) is 3.77. The van der Waals surface area contributed by atoms with Gasteiger partial charge in [0.2, 0.25) is 0 Å². The molecule has 0 N–H and O–H groups in total. The van der Waals surface area contributed by atoms with Gasteiger partial charge in [-0.25, -0.2) is 4.98 Å². The number of aromatic nitrogens is 1. The highest BCUT2D eigenvalue weighted by Crippen LogP contribution is 2.33. The molecule has 0 spiro atoms. The van der Waals surface area contributed by atoms with Crippen LogP contribution in [0.25, 0.3) is 0 Å². The topological polar surface area (TPSA) is 53.5 Å². The summed E-state index contributed by atoms with van der Waals surface area (Å²) >= 11 is 6.51. The maximum Gasteiger partial charge on any atom is 0.255 e. The van der Waals surface area contributed by atoms with Crippen molar-refractivity contribution < 1.29 is 9.00 Å². The normalized spacial score (nSPS) is 23.1. The molecule has 3 rings (SSSR count). The van der Waals surface area contributed by atoms with Crippen LogP contribution in [-0.4, -0.2) is 56.7 Å². The number of likely N-dealkylation sites (tertiary alicyclic amines) is 1. The Morgan fingerprint density at radius 2 is 1.92 bits per heavy atom. The van der Waals surface area contributed by atoms with Gasteiger partial charge in [-0.3, -0.25) is 9.00 Å². The van der Waals surface area contributed by atoms with Crippen molar-refractivity contribution >= 4 is 34.1 Å². The molecule has 0 bridgehead atoms. The van der Waals surface area contributed by atoms with Crippen molar-refractivity contribution in [1.82, 2.24) is 9.88 Å². The Labute approximate surface area is 163 Å². The van der Waals surface area contributed by atoms with Crippen molar-refractivity contribution in [3.8, 4) is 0 Å². The van der Waals surface area contributed by atoms with E-state index in [1.165, 1.54) is 6.42 Å². The molecule has 2 saturated heterocycles. The third-order valence-electron chi connectivity index (χ3n) is 5.81. The first-order valence-electron chi connectivity index (χ1n) is 9.59. The molecule has 2 aliphatic rings. The number of hydrogen-bond donors (Lipinski definition) is 0. The van der Waals surface area contributed by atoms with E-state index in [0.29, 0.717) is 35.2 Å². The van der Waals surface area contributed by atoms with Crippen LogP contribution < -0.4 is 4.90 Å². The molecule has 1 atom stereocenters. The van der Waals surface area contributed by atoms with Crippen LogP contribution in [0.15, 0.2) is 12.3 Å². The first kappa shape index (κ1) is 19.6. The van der Waals surface area contributed by atoms with Gasteiger partial charge in [0.15, 0.2) is 0 Å². The Balaban J connectivity index is 1.79. The van der Waals surface area contributed by atoms with Crippen molar-refractivity contribution in [2.24, 2.45) is 0 Å². The zero-order valence-corrected chi connectivity index (χ0v) is 17.2. The van der Waals surface area contributed by atoms with Gasteiger partial charge in [-0.15, -0.1) is 0 Å². The van der Waals surface area contributed by atoms with Crippen LogP contribution in [0.4, 0.5) is 5.82 Å². The van der Waals surface area contributed by atoms with Crippen LogP contribution in [0.1, 0.15) is 56.3 Å². The van der Waals surface area contributed by atoms with Gasteiger partial charge in [0.1, 0.15) is 5.82 Å². The lowest BCUT2D eigenvalue weighted by Crippen LogP contribution is -2.53. The summed E-state index contributed by atoms with van der Waals surface area (Å²) in [5, 5.41) is 0.502. The van der Waals surface area contributed by atoms with Gasteiger partial charge in [-0.2, -0.15) is 0 Å². The molecule has 0 radical (unpaired) electrons. The Morgan fingerprint density at radius 1 is 1.23 bits per heavy atom. The van der Waals surface area contributed by atoms with Crippen molar-refractivity contribution in [2.75, 3.05) is 36.8 Å². The maximum absolute atomic E-state index is 12.7. The number of carbonyl (C=O) groups excluding carboxylic acids is 1. The Morgan fingerprint density at radius 3 is 2.54 bits per heavy atom. The SMILES string of the molecule is CCC1(CC)CN(c2ncc(C(=O)N3CCCCC3)cc2Cl)CCS1=O. The largest absolute Gasteiger partial charge is 0.353 e. The maximum atomic E-state index is 12.7. The average Bonchev–Trinajstić information content (AvgIpc) is 2.69. The van der Waals surface area contributed by atoms with Gasteiger partial charge in [0, 0.05) is 48.9 Å². The summed E-state index contributed by atoms with van der Waals surface area (Å²) in [6.45, 7) is 7.19. The molecule has 1 unspecified atom stereocenters. The summed E-state index contributed by atoms with van der Waals surface area (Å²) in [6, 6.07) is 1.74. The fourth-order valence-corrected chi connectivity index (χ4v) is 5.99. The van der Waals surface area contributed by atoms with Crippen molar-refractivity contribution in [3.63, 3.8) is 0 Å². The second-order valence-electron chi connectivity index (χ2n) is 7.24. The molecular weight excluding hydrogens is 370 g/mol. The van der Waals surface area contributed by atoms with E-state index in [0.717, 1.165) is 38.8 Å². The highest BCUT2D eigenvalue weighted by molar-refractivity contribution is 7.86. The number of carbonyl (C=O) groups is 1. The van der Waals surface area contributed by atoms with E-state index in [9.17, 15) is 9.00 Å².